The smallest absolute Gasteiger partial charge is 0.166 e. The van der Waals surface area contributed by atoms with Gasteiger partial charge in [-0.3, -0.25) is 9.47 Å². The number of fused-ring (bicyclic) bond motifs is 6. The first-order valence-electron chi connectivity index (χ1n) is 9.47. The molecule has 2 bridgehead atoms. The number of likely N-dealkylation sites (N-methyl/N-ethyl adjacent to an activating group) is 1. The number of halogens is 2. The Morgan fingerprint density at radius 2 is 2.04 bits per heavy atom. The van der Waals surface area contributed by atoms with E-state index in [1.54, 1.807) is 12.1 Å². The van der Waals surface area contributed by atoms with Gasteiger partial charge in [-0.1, -0.05) is 11.6 Å². The monoisotopic (exact) mass is 394 g/mol. The molecular formula is C23H20ClFN2O. The SMILES string of the molecule is COc1ccc(C#Cn2c3c(c4cc(Cl)ccc42)C2CCC(C3)N2C)cc1F. The molecule has 3 nitrogen and oxygen atoms in total. The number of hydrogen-bond acceptors (Lipinski definition) is 2. The summed E-state index contributed by atoms with van der Waals surface area (Å²) in [6.45, 7) is 0. The van der Waals surface area contributed by atoms with Gasteiger partial charge in [-0.15, -0.1) is 0 Å². The maximum atomic E-state index is 14.0. The largest absolute Gasteiger partial charge is 0.494 e. The Morgan fingerprint density at radius 3 is 2.82 bits per heavy atom. The molecule has 28 heavy (non-hydrogen) atoms. The van der Waals surface area contributed by atoms with Crippen LogP contribution in [0.2, 0.25) is 5.02 Å². The molecule has 1 aromatic heterocycles. The maximum absolute atomic E-state index is 14.0. The van der Waals surface area contributed by atoms with Gasteiger partial charge in [0.2, 0.25) is 0 Å². The molecule has 1 saturated heterocycles. The zero-order chi connectivity index (χ0) is 19.4. The molecular weight excluding hydrogens is 375 g/mol. The highest BCUT2D eigenvalue weighted by atomic mass is 35.5. The third-order valence-corrected chi connectivity index (χ3v) is 6.37. The van der Waals surface area contributed by atoms with Gasteiger partial charge in [0.15, 0.2) is 11.6 Å². The van der Waals surface area contributed by atoms with Crippen LogP contribution in [0.3, 0.4) is 0 Å². The summed E-state index contributed by atoms with van der Waals surface area (Å²) in [6.07, 6.45) is 3.34. The van der Waals surface area contributed by atoms with Crippen molar-refractivity contribution in [1.29, 1.82) is 0 Å². The Kier molecular flexibility index (Phi) is 4.12. The van der Waals surface area contributed by atoms with Gasteiger partial charge in [0.25, 0.3) is 0 Å². The van der Waals surface area contributed by atoms with Crippen LogP contribution >= 0.6 is 11.6 Å². The van der Waals surface area contributed by atoms with Crippen LogP contribution in [0.4, 0.5) is 4.39 Å². The molecule has 1 fully saturated rings. The molecule has 142 valence electrons. The molecule has 0 aliphatic carbocycles. The van der Waals surface area contributed by atoms with Crippen molar-refractivity contribution in [2.45, 2.75) is 31.3 Å². The molecule has 2 unspecified atom stereocenters. The van der Waals surface area contributed by atoms with Crippen molar-refractivity contribution >= 4 is 22.5 Å². The second-order valence-electron chi connectivity index (χ2n) is 7.56. The molecule has 5 heteroatoms. The maximum Gasteiger partial charge on any atom is 0.166 e. The quantitative estimate of drug-likeness (QED) is 0.541. The fourth-order valence-corrected chi connectivity index (χ4v) is 4.91. The molecule has 3 heterocycles. The highest BCUT2D eigenvalue weighted by Gasteiger charge is 2.40. The fraction of sp³-hybridized carbons (Fsp3) is 0.304. The van der Waals surface area contributed by atoms with E-state index in [9.17, 15) is 4.39 Å². The average molecular weight is 395 g/mol. The van der Waals surface area contributed by atoms with Crippen molar-refractivity contribution < 1.29 is 9.13 Å². The molecule has 0 saturated carbocycles. The second-order valence-corrected chi connectivity index (χ2v) is 8.00. The van der Waals surface area contributed by atoms with E-state index in [1.807, 2.05) is 18.2 Å². The first-order chi connectivity index (χ1) is 13.6. The van der Waals surface area contributed by atoms with Crippen LogP contribution < -0.4 is 4.74 Å². The topological polar surface area (TPSA) is 17.4 Å². The summed E-state index contributed by atoms with van der Waals surface area (Å²) in [5.41, 5.74) is 4.31. The van der Waals surface area contributed by atoms with Gasteiger partial charge < -0.3 is 4.74 Å². The van der Waals surface area contributed by atoms with Crippen molar-refractivity contribution in [2.75, 3.05) is 14.2 Å². The lowest BCUT2D eigenvalue weighted by Gasteiger charge is -2.31. The van der Waals surface area contributed by atoms with Crippen molar-refractivity contribution in [3.63, 3.8) is 0 Å². The summed E-state index contributed by atoms with van der Waals surface area (Å²) in [5.74, 6) is 2.95. The normalized spacial score (nSPS) is 20.7. The molecule has 2 aliphatic rings. The van der Waals surface area contributed by atoms with Gasteiger partial charge >= 0.3 is 0 Å². The Bertz CT molecular complexity index is 1160. The van der Waals surface area contributed by atoms with Crippen LogP contribution in [0.5, 0.6) is 5.75 Å². The number of rotatable bonds is 1. The zero-order valence-corrected chi connectivity index (χ0v) is 16.6. The standard InChI is InChI=1S/C23H20ClFN2O/c1-26-16-5-7-20(26)23-17-12-15(24)4-6-19(17)27(21(23)13-16)10-9-14-3-8-22(28-2)18(25)11-14/h3-4,6,8,11-12,16,20H,5,7,13H2,1-2H3. The van der Waals surface area contributed by atoms with E-state index in [1.165, 1.54) is 36.2 Å². The van der Waals surface area contributed by atoms with Crippen LogP contribution in [0.15, 0.2) is 36.4 Å². The Balaban J connectivity index is 1.68. The van der Waals surface area contributed by atoms with Crippen molar-refractivity contribution in [3.8, 4) is 17.7 Å². The molecule has 2 aromatic carbocycles. The van der Waals surface area contributed by atoms with Gasteiger partial charge in [-0.2, -0.15) is 0 Å². The number of nitrogens with zero attached hydrogens (tertiary/aromatic N) is 2. The van der Waals surface area contributed by atoms with Gasteiger partial charge in [-0.25, -0.2) is 4.39 Å². The molecule has 0 spiro atoms. The summed E-state index contributed by atoms with van der Waals surface area (Å²) < 4.78 is 21.1. The minimum absolute atomic E-state index is 0.226. The molecule has 2 atom stereocenters. The van der Waals surface area contributed by atoms with E-state index < -0.39 is 5.82 Å². The van der Waals surface area contributed by atoms with Crippen molar-refractivity contribution in [3.05, 3.63) is 64.1 Å². The molecule has 3 aromatic rings. The number of hydrogen-bond donors (Lipinski definition) is 0. The van der Waals surface area contributed by atoms with Crippen LogP contribution in [-0.4, -0.2) is 29.7 Å². The molecule has 0 radical (unpaired) electrons. The minimum atomic E-state index is -0.403. The van der Waals surface area contributed by atoms with Crippen molar-refractivity contribution in [1.82, 2.24) is 9.47 Å². The average Bonchev–Trinajstić information content (AvgIpc) is 3.09. The number of benzene rings is 2. The molecule has 0 amide bonds. The highest BCUT2D eigenvalue weighted by Crippen LogP contribution is 2.46. The van der Waals surface area contributed by atoms with E-state index in [2.05, 4.69) is 28.5 Å². The van der Waals surface area contributed by atoms with E-state index in [0.29, 0.717) is 17.6 Å². The Morgan fingerprint density at radius 1 is 1.18 bits per heavy atom. The third kappa shape index (κ3) is 2.62. The lowest BCUT2D eigenvalue weighted by molar-refractivity contribution is 0.223. The Hall–Kier alpha value is -2.48. The highest BCUT2D eigenvalue weighted by molar-refractivity contribution is 6.31. The van der Waals surface area contributed by atoms with Crippen molar-refractivity contribution in [2.24, 2.45) is 0 Å². The summed E-state index contributed by atoms with van der Waals surface area (Å²) in [4.78, 5) is 2.49. The van der Waals surface area contributed by atoms with E-state index in [-0.39, 0.29) is 5.75 Å². The van der Waals surface area contributed by atoms with Crippen LogP contribution in [0.1, 0.15) is 35.7 Å². The molecule has 0 N–H and O–H groups in total. The predicted octanol–water partition coefficient (Wildman–Crippen LogP) is 4.99. The predicted molar refractivity (Wildman–Crippen MR) is 109 cm³/mol. The fourth-order valence-electron chi connectivity index (χ4n) is 4.73. The van der Waals surface area contributed by atoms with Gasteiger partial charge in [0, 0.05) is 46.2 Å². The van der Waals surface area contributed by atoms with Crippen LogP contribution in [0, 0.1) is 17.8 Å². The lowest BCUT2D eigenvalue weighted by Crippen LogP contribution is -2.34. The molecule has 5 rings (SSSR count). The van der Waals surface area contributed by atoms with Gasteiger partial charge in [0.05, 0.1) is 12.6 Å². The van der Waals surface area contributed by atoms with Gasteiger partial charge in [0.1, 0.15) is 0 Å². The summed E-state index contributed by atoms with van der Waals surface area (Å²) >= 11 is 6.31. The summed E-state index contributed by atoms with van der Waals surface area (Å²) in [5, 5.41) is 1.91. The van der Waals surface area contributed by atoms with Gasteiger partial charge in [-0.05, 0) is 67.8 Å². The first-order valence-corrected chi connectivity index (χ1v) is 9.85. The molecule has 2 aliphatic heterocycles. The third-order valence-electron chi connectivity index (χ3n) is 6.14. The van der Waals surface area contributed by atoms with E-state index in [4.69, 9.17) is 16.3 Å². The number of aromatic nitrogens is 1. The second kappa shape index (κ2) is 6.55. The first kappa shape index (κ1) is 17.6. The summed E-state index contributed by atoms with van der Waals surface area (Å²) in [7, 11) is 3.67. The minimum Gasteiger partial charge on any atom is -0.494 e. The van der Waals surface area contributed by atoms with Crippen LogP contribution in [-0.2, 0) is 6.42 Å². The van der Waals surface area contributed by atoms with E-state index >= 15 is 0 Å². The zero-order valence-electron chi connectivity index (χ0n) is 15.8. The lowest BCUT2D eigenvalue weighted by atomic mass is 9.97. The van der Waals surface area contributed by atoms with Crippen LogP contribution in [0.25, 0.3) is 10.9 Å². The Labute approximate surface area is 168 Å². The summed E-state index contributed by atoms with van der Waals surface area (Å²) in [6, 6.07) is 15.0. The number of methoxy groups -OCH3 is 1. The number of ether oxygens (including phenoxy) is 1. The van der Waals surface area contributed by atoms with E-state index in [0.717, 1.165) is 23.4 Å².